The number of aromatic nitrogens is 2. The Bertz CT molecular complexity index is 663. The molecule has 0 bridgehead atoms. The molecule has 7 heteroatoms. The van der Waals surface area contributed by atoms with Crippen LogP contribution in [0, 0.1) is 5.92 Å². The highest BCUT2D eigenvalue weighted by atomic mass is 16.5. The van der Waals surface area contributed by atoms with Gasteiger partial charge in [-0.15, -0.1) is 0 Å². The Labute approximate surface area is 134 Å². The molecule has 1 fully saturated rings. The number of carbonyl (C=O) groups excluding carboxylic acids is 1. The van der Waals surface area contributed by atoms with Gasteiger partial charge in [-0.1, -0.05) is 11.2 Å². The van der Waals surface area contributed by atoms with Crippen LogP contribution in [0.2, 0.25) is 0 Å². The van der Waals surface area contributed by atoms with Crippen LogP contribution < -0.4 is 5.73 Å². The number of hydrogen-bond donors (Lipinski definition) is 2. The molecule has 0 aliphatic heterocycles. The van der Waals surface area contributed by atoms with Crippen molar-refractivity contribution in [2.45, 2.75) is 31.5 Å². The summed E-state index contributed by atoms with van der Waals surface area (Å²) in [6, 6.07) is 7.01. The van der Waals surface area contributed by atoms with Crippen molar-refractivity contribution in [3.8, 4) is 11.4 Å². The number of nitrogens with zero attached hydrogens (tertiary/aromatic N) is 3. The van der Waals surface area contributed by atoms with E-state index in [2.05, 4.69) is 10.1 Å². The van der Waals surface area contributed by atoms with Crippen LogP contribution >= 0.6 is 0 Å². The second-order valence-electron chi connectivity index (χ2n) is 5.99. The van der Waals surface area contributed by atoms with Gasteiger partial charge in [0.05, 0.1) is 18.3 Å². The van der Waals surface area contributed by atoms with Crippen molar-refractivity contribution in [1.29, 1.82) is 0 Å². The summed E-state index contributed by atoms with van der Waals surface area (Å²) in [5, 5.41) is 13.7. The summed E-state index contributed by atoms with van der Waals surface area (Å²) in [5.41, 5.74) is 7.13. The van der Waals surface area contributed by atoms with Gasteiger partial charge in [-0.3, -0.25) is 9.78 Å². The Balaban J connectivity index is 1.63. The van der Waals surface area contributed by atoms with Crippen molar-refractivity contribution in [3.05, 3.63) is 36.2 Å². The molecule has 3 N–H and O–H groups in total. The molecule has 1 aliphatic carbocycles. The number of pyridine rings is 1. The predicted molar refractivity (Wildman–Crippen MR) is 82.9 cm³/mol. The molecule has 0 unspecified atom stereocenters. The third-order valence-electron chi connectivity index (χ3n) is 4.18. The molecule has 2 aromatic rings. The van der Waals surface area contributed by atoms with Crippen molar-refractivity contribution >= 4 is 5.91 Å². The van der Waals surface area contributed by atoms with Crippen molar-refractivity contribution in [2.24, 2.45) is 11.7 Å². The van der Waals surface area contributed by atoms with Crippen LogP contribution in [0.5, 0.6) is 0 Å². The average Bonchev–Trinajstić information content (AvgIpc) is 3.15. The first kappa shape index (κ1) is 15.6. The molecule has 1 amide bonds. The van der Waals surface area contributed by atoms with Crippen molar-refractivity contribution in [1.82, 2.24) is 15.0 Å². The highest BCUT2D eigenvalue weighted by molar-refractivity contribution is 5.79. The summed E-state index contributed by atoms with van der Waals surface area (Å²) in [6.45, 7) is 0.320. The molecule has 23 heavy (non-hydrogen) atoms. The van der Waals surface area contributed by atoms with E-state index >= 15 is 0 Å². The molecule has 2 heterocycles. The van der Waals surface area contributed by atoms with E-state index in [4.69, 9.17) is 10.3 Å². The van der Waals surface area contributed by atoms with Crippen molar-refractivity contribution < 1.29 is 14.4 Å². The number of aliphatic hydroxyl groups is 1. The van der Waals surface area contributed by atoms with Crippen LogP contribution in [-0.2, 0) is 11.3 Å². The van der Waals surface area contributed by atoms with Gasteiger partial charge in [0.15, 0.2) is 5.76 Å². The molecule has 0 radical (unpaired) electrons. The number of nitrogens with two attached hydrogens (primary N) is 1. The molecule has 122 valence electrons. The fourth-order valence-corrected chi connectivity index (χ4v) is 2.90. The van der Waals surface area contributed by atoms with Gasteiger partial charge in [0.1, 0.15) is 5.69 Å². The van der Waals surface area contributed by atoms with Gasteiger partial charge in [0.25, 0.3) is 0 Å². The van der Waals surface area contributed by atoms with E-state index in [0.29, 0.717) is 30.8 Å². The minimum Gasteiger partial charge on any atom is -0.391 e. The van der Waals surface area contributed by atoms with Gasteiger partial charge in [-0.25, -0.2) is 0 Å². The third kappa shape index (κ3) is 3.40. The van der Waals surface area contributed by atoms with Crippen LogP contribution in [0.15, 0.2) is 35.0 Å². The number of hydrogen-bond acceptors (Lipinski definition) is 6. The number of amides is 1. The highest BCUT2D eigenvalue weighted by Gasteiger charge is 2.36. The molecule has 0 spiro atoms. The van der Waals surface area contributed by atoms with Gasteiger partial charge in [0, 0.05) is 31.3 Å². The lowest BCUT2D eigenvalue weighted by molar-refractivity contribution is -0.135. The van der Waals surface area contributed by atoms with Crippen molar-refractivity contribution in [3.63, 3.8) is 0 Å². The standard InChI is InChI=1S/C16H20N4O3/c1-20(16(22)10-6-12(17)15(21)7-10)9-11-8-14(19-23-11)13-4-2-3-5-18-13/h2-5,8,10,12,15,21H,6-7,9,17H2,1H3/t10-,12+,15+/m0/s1. The number of carbonyl (C=O) groups is 1. The summed E-state index contributed by atoms with van der Waals surface area (Å²) >= 11 is 0. The monoisotopic (exact) mass is 316 g/mol. The lowest BCUT2D eigenvalue weighted by atomic mass is 10.1. The molecular formula is C16H20N4O3. The van der Waals surface area contributed by atoms with Gasteiger partial charge in [0.2, 0.25) is 5.91 Å². The molecule has 3 atom stereocenters. The smallest absolute Gasteiger partial charge is 0.225 e. The predicted octanol–water partition coefficient (Wildman–Crippen LogP) is 0.793. The fraction of sp³-hybridized carbons (Fsp3) is 0.438. The largest absolute Gasteiger partial charge is 0.391 e. The second kappa shape index (κ2) is 6.47. The molecule has 3 rings (SSSR count). The zero-order valence-electron chi connectivity index (χ0n) is 12.9. The summed E-state index contributed by atoms with van der Waals surface area (Å²) in [5.74, 6) is 0.320. The molecule has 1 saturated carbocycles. The average molecular weight is 316 g/mol. The maximum atomic E-state index is 12.4. The maximum Gasteiger partial charge on any atom is 0.225 e. The Hall–Kier alpha value is -2.25. The second-order valence-corrected chi connectivity index (χ2v) is 5.99. The summed E-state index contributed by atoms with van der Waals surface area (Å²) in [6.07, 6.45) is 2.02. The molecule has 0 aromatic carbocycles. The first-order valence-corrected chi connectivity index (χ1v) is 7.60. The Morgan fingerprint density at radius 3 is 2.91 bits per heavy atom. The van der Waals surface area contributed by atoms with E-state index in [1.807, 2.05) is 18.2 Å². The van der Waals surface area contributed by atoms with E-state index < -0.39 is 6.10 Å². The van der Waals surface area contributed by atoms with Crippen LogP contribution in [0.3, 0.4) is 0 Å². The summed E-state index contributed by atoms with van der Waals surface area (Å²) in [4.78, 5) is 18.2. The molecule has 2 aromatic heterocycles. The Kier molecular flexibility index (Phi) is 4.40. The van der Waals surface area contributed by atoms with Crippen LogP contribution in [0.1, 0.15) is 18.6 Å². The number of rotatable bonds is 4. The van der Waals surface area contributed by atoms with E-state index in [0.717, 1.165) is 5.69 Å². The summed E-state index contributed by atoms with van der Waals surface area (Å²) in [7, 11) is 1.71. The summed E-state index contributed by atoms with van der Waals surface area (Å²) < 4.78 is 5.29. The zero-order valence-corrected chi connectivity index (χ0v) is 12.9. The van der Waals surface area contributed by atoms with Gasteiger partial charge < -0.3 is 20.3 Å². The van der Waals surface area contributed by atoms with Gasteiger partial charge in [-0.2, -0.15) is 0 Å². The Morgan fingerprint density at radius 2 is 2.26 bits per heavy atom. The number of aliphatic hydroxyl groups excluding tert-OH is 1. The zero-order chi connectivity index (χ0) is 16.4. The third-order valence-corrected chi connectivity index (χ3v) is 4.18. The minimum atomic E-state index is -0.599. The van der Waals surface area contributed by atoms with Crippen LogP contribution in [-0.4, -0.2) is 45.2 Å². The van der Waals surface area contributed by atoms with Crippen LogP contribution in [0.4, 0.5) is 0 Å². The fourth-order valence-electron chi connectivity index (χ4n) is 2.90. The molecular weight excluding hydrogens is 296 g/mol. The topological polar surface area (TPSA) is 105 Å². The highest BCUT2D eigenvalue weighted by Crippen LogP contribution is 2.27. The first-order chi connectivity index (χ1) is 11.0. The quantitative estimate of drug-likeness (QED) is 0.864. The Morgan fingerprint density at radius 1 is 1.43 bits per heavy atom. The lowest BCUT2D eigenvalue weighted by Gasteiger charge is -2.19. The molecule has 0 saturated heterocycles. The van der Waals surface area contributed by atoms with Crippen molar-refractivity contribution in [2.75, 3.05) is 7.05 Å². The SMILES string of the molecule is CN(Cc1cc(-c2ccccn2)no1)C(=O)[C@H]1C[C@@H](N)[C@H](O)C1. The van der Waals surface area contributed by atoms with E-state index in [1.54, 1.807) is 24.2 Å². The normalized spacial score (nSPS) is 23.9. The minimum absolute atomic E-state index is 0.0345. The van der Waals surface area contributed by atoms with E-state index in [9.17, 15) is 9.90 Å². The van der Waals surface area contributed by atoms with Gasteiger partial charge >= 0.3 is 0 Å². The lowest BCUT2D eigenvalue weighted by Crippen LogP contribution is -2.32. The van der Waals surface area contributed by atoms with Crippen LogP contribution in [0.25, 0.3) is 11.4 Å². The van der Waals surface area contributed by atoms with E-state index in [1.165, 1.54) is 0 Å². The maximum absolute atomic E-state index is 12.4. The molecule has 1 aliphatic rings. The van der Waals surface area contributed by atoms with Gasteiger partial charge in [-0.05, 0) is 25.0 Å². The molecule has 7 nitrogen and oxygen atoms in total. The first-order valence-electron chi connectivity index (χ1n) is 7.60. The van der Waals surface area contributed by atoms with E-state index in [-0.39, 0.29) is 17.9 Å².